The predicted molar refractivity (Wildman–Crippen MR) is 77.1 cm³/mol. The van der Waals surface area contributed by atoms with Crippen molar-refractivity contribution in [1.29, 1.82) is 0 Å². The minimum atomic E-state index is -3.05. The standard InChI is InChI=1S/C14H16F2N2O6/c1-3-22-10-6-8(4-5-9(10)24-13(15)16)12(20)23-7-11(19)18-14(21)17-2/h4-6,13H,3,7H2,1-2H3,(H2,17,18,19,21). The second kappa shape index (κ2) is 9.28. The van der Waals surface area contributed by atoms with Crippen LogP contribution in [0.4, 0.5) is 13.6 Å². The van der Waals surface area contributed by atoms with Crippen LogP contribution in [0.25, 0.3) is 0 Å². The minimum absolute atomic E-state index is 0.0344. The van der Waals surface area contributed by atoms with E-state index in [0.717, 1.165) is 12.1 Å². The first-order chi connectivity index (χ1) is 11.4. The van der Waals surface area contributed by atoms with E-state index in [0.29, 0.717) is 0 Å². The fourth-order valence-corrected chi connectivity index (χ4v) is 1.54. The Labute approximate surface area is 136 Å². The predicted octanol–water partition coefficient (Wildman–Crippen LogP) is 1.30. The molecule has 0 aliphatic heterocycles. The number of esters is 1. The molecular formula is C14H16F2N2O6. The molecule has 1 rings (SSSR count). The summed E-state index contributed by atoms with van der Waals surface area (Å²) < 4.78 is 38.7. The normalized spacial score (nSPS) is 10.0. The molecule has 0 radical (unpaired) electrons. The number of imide groups is 1. The molecule has 1 aromatic rings. The highest BCUT2D eigenvalue weighted by molar-refractivity contribution is 5.97. The number of hydrogen-bond donors (Lipinski definition) is 2. The van der Waals surface area contributed by atoms with E-state index < -0.39 is 31.1 Å². The zero-order valence-corrected chi connectivity index (χ0v) is 12.9. The van der Waals surface area contributed by atoms with Gasteiger partial charge in [0, 0.05) is 7.05 Å². The summed E-state index contributed by atoms with van der Waals surface area (Å²) in [7, 11) is 1.31. The summed E-state index contributed by atoms with van der Waals surface area (Å²) in [6, 6.07) is 2.71. The van der Waals surface area contributed by atoms with Crippen molar-refractivity contribution in [3.8, 4) is 11.5 Å². The Hall–Kier alpha value is -2.91. The number of ether oxygens (including phenoxy) is 3. The highest BCUT2D eigenvalue weighted by Crippen LogP contribution is 2.30. The van der Waals surface area contributed by atoms with Crippen molar-refractivity contribution in [3.63, 3.8) is 0 Å². The molecule has 0 bridgehead atoms. The van der Waals surface area contributed by atoms with Gasteiger partial charge in [0.2, 0.25) is 0 Å². The van der Waals surface area contributed by atoms with E-state index in [2.05, 4.69) is 10.1 Å². The molecule has 0 spiro atoms. The van der Waals surface area contributed by atoms with Crippen LogP contribution in [0.5, 0.6) is 11.5 Å². The fourth-order valence-electron chi connectivity index (χ4n) is 1.54. The molecule has 10 heteroatoms. The van der Waals surface area contributed by atoms with Gasteiger partial charge in [0.15, 0.2) is 18.1 Å². The van der Waals surface area contributed by atoms with Crippen LogP contribution in [0.2, 0.25) is 0 Å². The van der Waals surface area contributed by atoms with Crippen molar-refractivity contribution in [3.05, 3.63) is 23.8 Å². The van der Waals surface area contributed by atoms with Crippen LogP contribution < -0.4 is 20.1 Å². The summed E-state index contributed by atoms with van der Waals surface area (Å²) in [6.45, 7) is -1.95. The SMILES string of the molecule is CCOc1cc(C(=O)OCC(=O)NC(=O)NC)ccc1OC(F)F. The first-order valence-electron chi connectivity index (χ1n) is 6.77. The third-order valence-corrected chi connectivity index (χ3v) is 2.51. The van der Waals surface area contributed by atoms with E-state index in [1.807, 2.05) is 5.32 Å². The largest absolute Gasteiger partial charge is 0.490 e. The Morgan fingerprint density at radius 3 is 2.50 bits per heavy atom. The molecule has 0 aliphatic rings. The lowest BCUT2D eigenvalue weighted by Gasteiger charge is -2.12. The number of rotatable bonds is 7. The molecule has 0 unspecified atom stereocenters. The highest BCUT2D eigenvalue weighted by atomic mass is 19.3. The smallest absolute Gasteiger partial charge is 0.387 e. The average molecular weight is 346 g/mol. The molecule has 3 amide bonds. The molecule has 0 heterocycles. The quantitative estimate of drug-likeness (QED) is 0.722. The molecule has 132 valence electrons. The molecule has 0 saturated heterocycles. The summed E-state index contributed by atoms with van der Waals surface area (Å²) in [4.78, 5) is 34.1. The molecule has 0 aliphatic carbocycles. The lowest BCUT2D eigenvalue weighted by molar-refractivity contribution is -0.123. The zero-order chi connectivity index (χ0) is 18.1. The third-order valence-electron chi connectivity index (χ3n) is 2.51. The van der Waals surface area contributed by atoms with Crippen LogP contribution in [-0.2, 0) is 9.53 Å². The van der Waals surface area contributed by atoms with Crippen molar-refractivity contribution in [2.75, 3.05) is 20.3 Å². The maximum atomic E-state index is 12.3. The third kappa shape index (κ3) is 6.07. The number of nitrogens with one attached hydrogen (secondary N) is 2. The van der Waals surface area contributed by atoms with Crippen LogP contribution >= 0.6 is 0 Å². The van der Waals surface area contributed by atoms with E-state index in [9.17, 15) is 23.2 Å². The van der Waals surface area contributed by atoms with Crippen molar-refractivity contribution >= 4 is 17.9 Å². The van der Waals surface area contributed by atoms with Crippen molar-refractivity contribution in [2.45, 2.75) is 13.5 Å². The first-order valence-corrected chi connectivity index (χ1v) is 6.77. The number of carbonyl (C=O) groups excluding carboxylic acids is 3. The topological polar surface area (TPSA) is 103 Å². The Bertz CT molecular complexity index is 609. The molecule has 1 aromatic carbocycles. The second-order valence-electron chi connectivity index (χ2n) is 4.18. The number of carbonyl (C=O) groups is 3. The molecule has 0 fully saturated rings. The monoisotopic (exact) mass is 346 g/mol. The van der Waals surface area contributed by atoms with Crippen molar-refractivity contribution < 1.29 is 37.4 Å². The molecule has 8 nitrogen and oxygen atoms in total. The summed E-state index contributed by atoms with van der Waals surface area (Å²) in [6.07, 6.45) is 0. The molecular weight excluding hydrogens is 330 g/mol. The molecule has 0 aromatic heterocycles. The van der Waals surface area contributed by atoms with Gasteiger partial charge in [-0.15, -0.1) is 0 Å². The Kier molecular flexibility index (Phi) is 7.40. The van der Waals surface area contributed by atoms with Crippen LogP contribution in [0.1, 0.15) is 17.3 Å². The van der Waals surface area contributed by atoms with Crippen molar-refractivity contribution in [1.82, 2.24) is 10.6 Å². The van der Waals surface area contributed by atoms with E-state index in [1.165, 1.54) is 13.1 Å². The number of halogens is 2. The van der Waals surface area contributed by atoms with E-state index in [1.54, 1.807) is 6.92 Å². The van der Waals surface area contributed by atoms with Gasteiger partial charge in [-0.1, -0.05) is 0 Å². The van der Waals surface area contributed by atoms with Gasteiger partial charge in [-0.05, 0) is 25.1 Å². The number of alkyl halides is 2. The molecule has 0 saturated carbocycles. The molecule has 0 atom stereocenters. The van der Waals surface area contributed by atoms with E-state index >= 15 is 0 Å². The maximum Gasteiger partial charge on any atom is 0.387 e. The van der Waals surface area contributed by atoms with Gasteiger partial charge >= 0.3 is 18.6 Å². The summed E-state index contributed by atoms with van der Waals surface area (Å²) in [5.41, 5.74) is -0.0344. The van der Waals surface area contributed by atoms with Gasteiger partial charge in [0.1, 0.15) is 0 Å². The lowest BCUT2D eigenvalue weighted by atomic mass is 10.2. The van der Waals surface area contributed by atoms with Crippen LogP contribution in [0, 0.1) is 0 Å². The number of amides is 3. The van der Waals surface area contributed by atoms with Crippen molar-refractivity contribution in [2.24, 2.45) is 0 Å². The zero-order valence-electron chi connectivity index (χ0n) is 12.9. The van der Waals surface area contributed by atoms with Crippen LogP contribution in [-0.4, -0.2) is 44.8 Å². The van der Waals surface area contributed by atoms with Gasteiger partial charge in [-0.2, -0.15) is 8.78 Å². The second-order valence-corrected chi connectivity index (χ2v) is 4.18. The Morgan fingerprint density at radius 2 is 1.92 bits per heavy atom. The highest BCUT2D eigenvalue weighted by Gasteiger charge is 2.16. The van der Waals surface area contributed by atoms with Gasteiger partial charge in [0.25, 0.3) is 5.91 Å². The summed E-state index contributed by atoms with van der Waals surface area (Å²) in [5.74, 6) is -2.03. The summed E-state index contributed by atoms with van der Waals surface area (Å²) in [5, 5.41) is 4.06. The van der Waals surface area contributed by atoms with Gasteiger partial charge < -0.3 is 19.5 Å². The van der Waals surface area contributed by atoms with Gasteiger partial charge in [-0.25, -0.2) is 9.59 Å². The number of hydrogen-bond acceptors (Lipinski definition) is 6. The van der Waals surface area contributed by atoms with Crippen LogP contribution in [0.3, 0.4) is 0 Å². The Balaban J connectivity index is 2.74. The number of urea groups is 1. The van der Waals surface area contributed by atoms with Gasteiger partial charge in [0.05, 0.1) is 12.2 Å². The average Bonchev–Trinajstić information content (AvgIpc) is 2.53. The Morgan fingerprint density at radius 1 is 1.21 bits per heavy atom. The van der Waals surface area contributed by atoms with Crippen LogP contribution in [0.15, 0.2) is 18.2 Å². The summed E-state index contributed by atoms with van der Waals surface area (Å²) >= 11 is 0. The lowest BCUT2D eigenvalue weighted by Crippen LogP contribution is -2.39. The number of benzene rings is 1. The minimum Gasteiger partial charge on any atom is -0.490 e. The maximum absolute atomic E-state index is 12.3. The van der Waals surface area contributed by atoms with Gasteiger partial charge in [-0.3, -0.25) is 10.1 Å². The first kappa shape index (κ1) is 19.1. The molecule has 2 N–H and O–H groups in total. The van der Waals surface area contributed by atoms with E-state index in [4.69, 9.17) is 9.47 Å². The molecule has 24 heavy (non-hydrogen) atoms. The van der Waals surface area contributed by atoms with E-state index in [-0.39, 0.29) is 23.7 Å². The fraction of sp³-hybridized carbons (Fsp3) is 0.357.